The fourth-order valence-corrected chi connectivity index (χ4v) is 3.17. The quantitative estimate of drug-likeness (QED) is 0.440. The van der Waals surface area contributed by atoms with Crippen LogP contribution in [0.1, 0.15) is 49.5 Å². The monoisotopic (exact) mass is 395 g/mol. The fourth-order valence-electron chi connectivity index (χ4n) is 3.17. The second kappa shape index (κ2) is 8.47. The van der Waals surface area contributed by atoms with Gasteiger partial charge in [0.2, 0.25) is 0 Å². The molecule has 0 bridgehead atoms. The smallest absolute Gasteiger partial charge is 0.411 e. The van der Waals surface area contributed by atoms with E-state index in [0.717, 1.165) is 0 Å². The van der Waals surface area contributed by atoms with E-state index in [0.29, 0.717) is 36.3 Å². The van der Waals surface area contributed by atoms with E-state index in [-0.39, 0.29) is 5.78 Å². The van der Waals surface area contributed by atoms with Gasteiger partial charge < -0.3 is 9.47 Å². The average Bonchev–Trinajstić information content (AvgIpc) is 3.18. The Hall–Kier alpha value is -3.15. The first-order valence-corrected chi connectivity index (χ1v) is 9.66. The van der Waals surface area contributed by atoms with Gasteiger partial charge in [0.05, 0.1) is 0 Å². The molecule has 0 aromatic heterocycles. The number of likely N-dealkylation sites (tertiary alicyclic amines) is 1. The number of benzene rings is 2. The number of ketones is 1. The normalized spacial score (nSPS) is 16.4. The number of esters is 1. The topological polar surface area (TPSA) is 72.9 Å². The Morgan fingerprint density at radius 1 is 0.931 bits per heavy atom. The van der Waals surface area contributed by atoms with Gasteiger partial charge in [-0.1, -0.05) is 30.3 Å². The van der Waals surface area contributed by atoms with Gasteiger partial charge in [0.25, 0.3) is 0 Å². The highest BCUT2D eigenvalue weighted by Gasteiger charge is 2.37. The van der Waals surface area contributed by atoms with Crippen LogP contribution < -0.4 is 4.74 Å². The van der Waals surface area contributed by atoms with Crippen LogP contribution in [-0.2, 0) is 9.53 Å². The SMILES string of the molecule is CC(C)(C)OC(=O)N1CCC[C@H]1C(=O)Oc1ccc(C(=O)c2ccccc2)cc1. The molecule has 0 radical (unpaired) electrons. The summed E-state index contributed by atoms with van der Waals surface area (Å²) < 4.78 is 10.8. The molecule has 2 aromatic rings. The summed E-state index contributed by atoms with van der Waals surface area (Å²) >= 11 is 0. The Labute approximate surface area is 170 Å². The maximum absolute atomic E-state index is 12.6. The average molecular weight is 395 g/mol. The molecule has 152 valence electrons. The number of hydrogen-bond donors (Lipinski definition) is 0. The van der Waals surface area contributed by atoms with E-state index in [9.17, 15) is 14.4 Å². The first kappa shape index (κ1) is 20.6. The third-order valence-electron chi connectivity index (χ3n) is 4.52. The first-order chi connectivity index (χ1) is 13.7. The van der Waals surface area contributed by atoms with Crippen LogP contribution in [0.25, 0.3) is 0 Å². The lowest BCUT2D eigenvalue weighted by Gasteiger charge is -2.27. The lowest BCUT2D eigenvalue weighted by molar-refractivity contribution is -0.139. The highest BCUT2D eigenvalue weighted by Crippen LogP contribution is 2.23. The van der Waals surface area contributed by atoms with E-state index in [1.165, 1.54) is 4.90 Å². The number of hydrogen-bond acceptors (Lipinski definition) is 5. The van der Waals surface area contributed by atoms with Gasteiger partial charge in [-0.25, -0.2) is 9.59 Å². The summed E-state index contributed by atoms with van der Waals surface area (Å²) in [5.41, 5.74) is 0.471. The number of nitrogens with zero attached hydrogens (tertiary/aromatic N) is 1. The predicted octanol–water partition coefficient (Wildman–Crippen LogP) is 4.22. The Balaban J connectivity index is 1.64. The molecular formula is C23H25NO5. The van der Waals surface area contributed by atoms with Gasteiger partial charge in [0.15, 0.2) is 5.78 Å². The number of carbonyl (C=O) groups excluding carboxylic acids is 3. The lowest BCUT2D eigenvalue weighted by atomic mass is 10.0. The van der Waals surface area contributed by atoms with Gasteiger partial charge in [-0.3, -0.25) is 9.69 Å². The minimum Gasteiger partial charge on any atom is -0.444 e. The highest BCUT2D eigenvalue weighted by molar-refractivity contribution is 6.09. The number of rotatable bonds is 4. The lowest BCUT2D eigenvalue weighted by Crippen LogP contribution is -2.44. The van der Waals surface area contributed by atoms with Crippen molar-refractivity contribution in [2.24, 2.45) is 0 Å². The molecule has 3 rings (SSSR count). The van der Waals surface area contributed by atoms with Crippen LogP contribution in [0.5, 0.6) is 5.75 Å². The Morgan fingerprint density at radius 3 is 2.17 bits per heavy atom. The third kappa shape index (κ3) is 5.22. The maximum atomic E-state index is 12.6. The summed E-state index contributed by atoms with van der Waals surface area (Å²) in [6, 6.07) is 14.7. The van der Waals surface area contributed by atoms with Gasteiger partial charge in [0, 0.05) is 17.7 Å². The van der Waals surface area contributed by atoms with Crippen LogP contribution in [0, 0.1) is 0 Å². The van der Waals surface area contributed by atoms with Crippen molar-refractivity contribution in [3.63, 3.8) is 0 Å². The van der Waals surface area contributed by atoms with E-state index < -0.39 is 23.7 Å². The minimum atomic E-state index is -0.671. The molecular weight excluding hydrogens is 370 g/mol. The summed E-state index contributed by atoms with van der Waals surface area (Å²) in [5.74, 6) is -0.276. The van der Waals surface area contributed by atoms with Gasteiger partial charge in [-0.05, 0) is 57.9 Å². The molecule has 1 fully saturated rings. The zero-order valence-corrected chi connectivity index (χ0v) is 16.9. The molecule has 1 amide bonds. The Bertz CT molecular complexity index is 884. The molecule has 1 aliphatic heterocycles. The highest BCUT2D eigenvalue weighted by atomic mass is 16.6. The molecule has 1 atom stereocenters. The first-order valence-electron chi connectivity index (χ1n) is 9.66. The molecule has 1 saturated heterocycles. The molecule has 0 saturated carbocycles. The van der Waals surface area contributed by atoms with E-state index in [1.807, 2.05) is 6.07 Å². The zero-order valence-electron chi connectivity index (χ0n) is 16.9. The van der Waals surface area contributed by atoms with Crippen molar-refractivity contribution in [2.75, 3.05) is 6.54 Å². The van der Waals surface area contributed by atoms with Crippen molar-refractivity contribution >= 4 is 17.8 Å². The van der Waals surface area contributed by atoms with Crippen molar-refractivity contribution < 1.29 is 23.9 Å². The summed E-state index contributed by atoms with van der Waals surface area (Å²) in [6.07, 6.45) is 0.729. The third-order valence-corrected chi connectivity index (χ3v) is 4.52. The number of ether oxygens (including phenoxy) is 2. The second-order valence-corrected chi connectivity index (χ2v) is 7.97. The largest absolute Gasteiger partial charge is 0.444 e. The van der Waals surface area contributed by atoms with E-state index in [2.05, 4.69) is 0 Å². The van der Waals surface area contributed by atoms with Gasteiger partial charge in [-0.15, -0.1) is 0 Å². The van der Waals surface area contributed by atoms with E-state index >= 15 is 0 Å². The predicted molar refractivity (Wildman–Crippen MR) is 108 cm³/mol. The van der Waals surface area contributed by atoms with Gasteiger partial charge >= 0.3 is 12.1 Å². The van der Waals surface area contributed by atoms with Crippen molar-refractivity contribution in [3.8, 4) is 5.75 Å². The maximum Gasteiger partial charge on any atom is 0.411 e. The van der Waals surface area contributed by atoms with E-state index in [1.54, 1.807) is 69.3 Å². The minimum absolute atomic E-state index is 0.102. The Morgan fingerprint density at radius 2 is 1.55 bits per heavy atom. The standard InChI is InChI=1S/C23H25NO5/c1-23(2,3)29-22(27)24-15-7-10-19(24)21(26)28-18-13-11-17(12-14-18)20(25)16-8-5-4-6-9-16/h4-6,8-9,11-14,19H,7,10,15H2,1-3H3/t19-/m0/s1. The van der Waals surface area contributed by atoms with Crippen LogP contribution in [0.2, 0.25) is 0 Å². The molecule has 29 heavy (non-hydrogen) atoms. The van der Waals surface area contributed by atoms with Gasteiger partial charge in [0.1, 0.15) is 17.4 Å². The van der Waals surface area contributed by atoms with Crippen molar-refractivity contribution in [1.82, 2.24) is 4.90 Å². The van der Waals surface area contributed by atoms with Gasteiger partial charge in [-0.2, -0.15) is 0 Å². The van der Waals surface area contributed by atoms with Crippen LogP contribution in [0.15, 0.2) is 54.6 Å². The molecule has 2 aromatic carbocycles. The Kier molecular flexibility index (Phi) is 6.01. The number of amides is 1. The van der Waals surface area contributed by atoms with Crippen molar-refractivity contribution in [2.45, 2.75) is 45.3 Å². The molecule has 6 nitrogen and oxygen atoms in total. The van der Waals surface area contributed by atoms with Crippen LogP contribution in [0.4, 0.5) is 4.79 Å². The molecule has 0 spiro atoms. The summed E-state index contributed by atoms with van der Waals surface area (Å²) in [7, 11) is 0. The zero-order chi connectivity index (χ0) is 21.0. The fraction of sp³-hybridized carbons (Fsp3) is 0.348. The second-order valence-electron chi connectivity index (χ2n) is 7.97. The van der Waals surface area contributed by atoms with Crippen molar-refractivity contribution in [3.05, 3.63) is 65.7 Å². The van der Waals surface area contributed by atoms with Crippen LogP contribution in [-0.4, -0.2) is 40.9 Å². The summed E-state index contributed by atoms with van der Waals surface area (Å²) in [5, 5.41) is 0. The van der Waals surface area contributed by atoms with Crippen LogP contribution in [0.3, 0.4) is 0 Å². The molecule has 0 aliphatic carbocycles. The van der Waals surface area contributed by atoms with Crippen molar-refractivity contribution in [1.29, 1.82) is 0 Å². The van der Waals surface area contributed by atoms with E-state index in [4.69, 9.17) is 9.47 Å². The molecule has 1 aliphatic rings. The molecule has 0 N–H and O–H groups in total. The van der Waals surface area contributed by atoms with Crippen LogP contribution >= 0.6 is 0 Å². The summed E-state index contributed by atoms with van der Waals surface area (Å²) in [6.45, 7) is 5.81. The molecule has 6 heteroatoms. The number of carbonyl (C=O) groups is 3. The molecule has 0 unspecified atom stereocenters. The molecule has 1 heterocycles. The summed E-state index contributed by atoms with van der Waals surface area (Å²) in [4.78, 5) is 38.8.